The molecule has 2 aromatic rings. The number of anilines is 2. The van der Waals surface area contributed by atoms with Crippen LogP contribution in [0, 0.1) is 0 Å². The summed E-state index contributed by atoms with van der Waals surface area (Å²) in [6.45, 7) is 3.86. The molecule has 21 heavy (non-hydrogen) atoms. The molecule has 112 valence electrons. The molecule has 0 aliphatic heterocycles. The van der Waals surface area contributed by atoms with Crippen molar-refractivity contribution in [2.24, 2.45) is 0 Å². The van der Waals surface area contributed by atoms with Gasteiger partial charge >= 0.3 is 0 Å². The van der Waals surface area contributed by atoms with Gasteiger partial charge in [-0.05, 0) is 30.2 Å². The second-order valence-electron chi connectivity index (χ2n) is 5.00. The Kier molecular flexibility index (Phi) is 5.81. The van der Waals surface area contributed by atoms with Gasteiger partial charge in [0.1, 0.15) is 5.82 Å². The molecule has 0 saturated heterocycles. The summed E-state index contributed by atoms with van der Waals surface area (Å²) in [7, 11) is 2.02. The third-order valence-electron chi connectivity index (χ3n) is 3.22. The molecule has 0 aliphatic rings. The zero-order valence-corrected chi connectivity index (χ0v) is 13.3. The fraction of sp³-hybridized carbons (Fsp3) is 0.375. The summed E-state index contributed by atoms with van der Waals surface area (Å²) in [5.41, 5.74) is 1.17. The second kappa shape index (κ2) is 7.84. The summed E-state index contributed by atoms with van der Waals surface area (Å²) in [6, 6.07) is 9.67. The summed E-state index contributed by atoms with van der Waals surface area (Å²) in [5, 5.41) is 4.06. The molecule has 5 heteroatoms. The number of rotatable bonds is 7. The summed E-state index contributed by atoms with van der Waals surface area (Å²) in [4.78, 5) is 10.9. The Bertz CT molecular complexity index is 556. The first-order valence-electron chi connectivity index (χ1n) is 7.21. The normalized spacial score (nSPS) is 10.4. The van der Waals surface area contributed by atoms with Crippen LogP contribution in [0.2, 0.25) is 5.02 Å². The van der Waals surface area contributed by atoms with Crippen molar-refractivity contribution in [3.05, 3.63) is 47.1 Å². The van der Waals surface area contributed by atoms with Crippen LogP contribution < -0.4 is 10.2 Å². The van der Waals surface area contributed by atoms with E-state index in [1.54, 1.807) is 6.20 Å². The van der Waals surface area contributed by atoms with Crippen molar-refractivity contribution in [1.29, 1.82) is 0 Å². The quantitative estimate of drug-likeness (QED) is 0.840. The first-order chi connectivity index (χ1) is 10.2. The molecule has 0 fully saturated rings. The molecular weight excluding hydrogens is 284 g/mol. The molecule has 0 saturated carbocycles. The highest BCUT2D eigenvalue weighted by molar-refractivity contribution is 6.30. The van der Waals surface area contributed by atoms with Crippen molar-refractivity contribution in [1.82, 2.24) is 9.97 Å². The minimum Gasteiger partial charge on any atom is -0.366 e. The lowest BCUT2D eigenvalue weighted by atomic mass is 10.2. The molecule has 1 heterocycles. The summed E-state index contributed by atoms with van der Waals surface area (Å²) >= 11 is 5.88. The number of hydrogen-bond acceptors (Lipinski definition) is 4. The van der Waals surface area contributed by atoms with Crippen molar-refractivity contribution >= 4 is 23.4 Å². The van der Waals surface area contributed by atoms with E-state index in [1.165, 1.54) is 12.0 Å². The third kappa shape index (κ3) is 4.90. The molecule has 0 amide bonds. The Morgan fingerprint density at radius 2 is 1.95 bits per heavy atom. The topological polar surface area (TPSA) is 41.1 Å². The Morgan fingerprint density at radius 3 is 2.67 bits per heavy atom. The Morgan fingerprint density at radius 1 is 1.19 bits per heavy atom. The average molecular weight is 305 g/mol. The lowest BCUT2D eigenvalue weighted by molar-refractivity contribution is 0.750. The van der Waals surface area contributed by atoms with Crippen LogP contribution in [0.3, 0.4) is 0 Å². The summed E-state index contributed by atoms with van der Waals surface area (Å²) in [6.07, 6.45) is 4.09. The highest BCUT2D eigenvalue weighted by Crippen LogP contribution is 2.13. The SMILES string of the molecule is CCCCN(C)c1nccc(NCc2ccc(Cl)cc2)n1. The van der Waals surface area contributed by atoms with E-state index in [9.17, 15) is 0 Å². The van der Waals surface area contributed by atoms with Crippen LogP contribution in [0.1, 0.15) is 25.3 Å². The van der Waals surface area contributed by atoms with Gasteiger partial charge in [0.05, 0.1) is 0 Å². The van der Waals surface area contributed by atoms with Gasteiger partial charge in [-0.1, -0.05) is 37.1 Å². The van der Waals surface area contributed by atoms with Crippen molar-refractivity contribution in [2.75, 3.05) is 23.8 Å². The molecule has 0 bridgehead atoms. The van der Waals surface area contributed by atoms with E-state index < -0.39 is 0 Å². The van der Waals surface area contributed by atoms with E-state index in [0.717, 1.165) is 29.8 Å². The predicted octanol–water partition coefficient (Wildman–Crippen LogP) is 3.98. The van der Waals surface area contributed by atoms with Crippen LogP contribution in [-0.4, -0.2) is 23.6 Å². The number of unbranched alkanes of at least 4 members (excludes halogenated alkanes) is 1. The van der Waals surface area contributed by atoms with Gasteiger partial charge in [0, 0.05) is 31.4 Å². The number of nitrogens with one attached hydrogen (secondary N) is 1. The van der Waals surface area contributed by atoms with Crippen LogP contribution in [0.15, 0.2) is 36.5 Å². The third-order valence-corrected chi connectivity index (χ3v) is 3.47. The molecular formula is C16H21ClN4. The fourth-order valence-corrected chi connectivity index (χ4v) is 2.05. The van der Waals surface area contributed by atoms with E-state index in [4.69, 9.17) is 11.6 Å². The van der Waals surface area contributed by atoms with Gasteiger partial charge in [0.15, 0.2) is 0 Å². The van der Waals surface area contributed by atoms with E-state index in [-0.39, 0.29) is 0 Å². The monoisotopic (exact) mass is 304 g/mol. The van der Waals surface area contributed by atoms with Gasteiger partial charge in [-0.15, -0.1) is 0 Å². The number of nitrogens with zero attached hydrogens (tertiary/aromatic N) is 3. The maximum absolute atomic E-state index is 5.88. The van der Waals surface area contributed by atoms with Crippen LogP contribution in [0.5, 0.6) is 0 Å². The maximum atomic E-state index is 5.88. The molecule has 1 N–H and O–H groups in total. The van der Waals surface area contributed by atoms with Crippen molar-refractivity contribution in [2.45, 2.75) is 26.3 Å². The van der Waals surface area contributed by atoms with Crippen molar-refractivity contribution < 1.29 is 0 Å². The number of hydrogen-bond donors (Lipinski definition) is 1. The highest BCUT2D eigenvalue weighted by Gasteiger charge is 2.04. The van der Waals surface area contributed by atoms with Crippen LogP contribution in [-0.2, 0) is 6.54 Å². The van der Waals surface area contributed by atoms with E-state index >= 15 is 0 Å². The summed E-state index contributed by atoms with van der Waals surface area (Å²) < 4.78 is 0. The van der Waals surface area contributed by atoms with E-state index in [2.05, 4.69) is 27.1 Å². The smallest absolute Gasteiger partial charge is 0.226 e. The first-order valence-corrected chi connectivity index (χ1v) is 7.59. The van der Waals surface area contributed by atoms with Crippen LogP contribution >= 0.6 is 11.6 Å². The van der Waals surface area contributed by atoms with Gasteiger partial charge in [0.25, 0.3) is 0 Å². The molecule has 4 nitrogen and oxygen atoms in total. The molecule has 0 aliphatic carbocycles. The standard InChI is InChI=1S/C16H21ClN4/c1-3-4-11-21(2)16-18-10-9-15(20-16)19-12-13-5-7-14(17)8-6-13/h5-10H,3-4,11-12H2,1-2H3,(H,18,19,20). The molecule has 0 radical (unpaired) electrons. The van der Waals surface area contributed by atoms with E-state index in [1.807, 2.05) is 37.4 Å². The van der Waals surface area contributed by atoms with Gasteiger partial charge in [-0.25, -0.2) is 4.98 Å². The number of halogens is 1. The van der Waals surface area contributed by atoms with Gasteiger partial charge < -0.3 is 10.2 Å². The maximum Gasteiger partial charge on any atom is 0.226 e. The highest BCUT2D eigenvalue weighted by atomic mass is 35.5. The van der Waals surface area contributed by atoms with Crippen LogP contribution in [0.4, 0.5) is 11.8 Å². The Balaban J connectivity index is 1.95. The van der Waals surface area contributed by atoms with Gasteiger partial charge in [0.2, 0.25) is 5.95 Å². The zero-order chi connectivity index (χ0) is 15.1. The van der Waals surface area contributed by atoms with Crippen LogP contribution in [0.25, 0.3) is 0 Å². The second-order valence-corrected chi connectivity index (χ2v) is 5.43. The fourth-order valence-electron chi connectivity index (χ4n) is 1.92. The molecule has 1 aromatic carbocycles. The number of benzene rings is 1. The Labute approximate surface area is 131 Å². The Hall–Kier alpha value is -1.81. The van der Waals surface area contributed by atoms with Gasteiger partial charge in [-0.3, -0.25) is 0 Å². The lowest BCUT2D eigenvalue weighted by Gasteiger charge is -2.17. The molecule has 2 rings (SSSR count). The minimum atomic E-state index is 0.715. The first kappa shape index (κ1) is 15.6. The van der Waals surface area contributed by atoms with Crippen molar-refractivity contribution in [3.8, 4) is 0 Å². The average Bonchev–Trinajstić information content (AvgIpc) is 2.52. The predicted molar refractivity (Wildman–Crippen MR) is 89.0 cm³/mol. The van der Waals surface area contributed by atoms with E-state index in [0.29, 0.717) is 6.54 Å². The lowest BCUT2D eigenvalue weighted by Crippen LogP contribution is -2.21. The van der Waals surface area contributed by atoms with Crippen molar-refractivity contribution in [3.63, 3.8) is 0 Å². The minimum absolute atomic E-state index is 0.715. The molecule has 0 spiro atoms. The number of aromatic nitrogens is 2. The zero-order valence-electron chi connectivity index (χ0n) is 12.5. The molecule has 0 atom stereocenters. The summed E-state index contributed by atoms with van der Waals surface area (Å²) in [5.74, 6) is 1.59. The largest absolute Gasteiger partial charge is 0.366 e. The molecule has 1 aromatic heterocycles. The molecule has 0 unspecified atom stereocenters. The van der Waals surface area contributed by atoms with Gasteiger partial charge in [-0.2, -0.15) is 4.98 Å².